The lowest BCUT2D eigenvalue weighted by molar-refractivity contribution is 0.522. The number of rotatable bonds is 5. The number of nitrogens with zero attached hydrogens (tertiary/aromatic N) is 2. The topological polar surface area (TPSA) is 17.8 Å². The average Bonchev–Trinajstić information content (AvgIpc) is 2.71. The van der Waals surface area contributed by atoms with E-state index in [4.69, 9.17) is 11.6 Å². The Morgan fingerprint density at radius 3 is 2.33 bits per heavy atom. The lowest BCUT2D eigenvalue weighted by Crippen LogP contribution is -2.34. The van der Waals surface area contributed by atoms with E-state index >= 15 is 0 Å². The van der Waals surface area contributed by atoms with Crippen molar-refractivity contribution in [2.75, 3.05) is 10.7 Å². The molecule has 1 heterocycles. The van der Waals surface area contributed by atoms with E-state index in [0.29, 0.717) is 0 Å². The lowest BCUT2D eigenvalue weighted by atomic mass is 9.80. The van der Waals surface area contributed by atoms with Gasteiger partial charge in [-0.1, -0.05) is 61.7 Å². The largest absolute Gasteiger partial charge is 0.271 e. The first kappa shape index (κ1) is 17.5. The maximum atomic E-state index is 6.44. The normalized spacial score (nSPS) is 11.9. The van der Waals surface area contributed by atoms with Gasteiger partial charge in [-0.3, -0.25) is 4.68 Å². The third kappa shape index (κ3) is 3.41. The summed E-state index contributed by atoms with van der Waals surface area (Å²) in [4.78, 5) is 0. The van der Waals surface area contributed by atoms with Gasteiger partial charge in [-0.15, -0.1) is 0 Å². The van der Waals surface area contributed by atoms with Gasteiger partial charge in [0, 0.05) is 34.6 Å². The molecule has 0 atom stereocenters. The quantitative estimate of drug-likeness (QED) is 0.503. The Hall–Kier alpha value is 0.160. The van der Waals surface area contributed by atoms with Gasteiger partial charge in [-0.25, -0.2) is 0 Å². The van der Waals surface area contributed by atoms with Crippen molar-refractivity contribution in [1.82, 2.24) is 9.78 Å². The highest BCUT2D eigenvalue weighted by molar-refractivity contribution is 9.10. The molecule has 6 heteroatoms. The van der Waals surface area contributed by atoms with Gasteiger partial charge in [0.25, 0.3) is 0 Å². The maximum Gasteiger partial charge on any atom is 0.0738 e. The number of aromatic nitrogens is 2. The van der Waals surface area contributed by atoms with Gasteiger partial charge in [-0.05, 0) is 34.5 Å². The van der Waals surface area contributed by atoms with Crippen molar-refractivity contribution in [1.29, 1.82) is 0 Å². The van der Waals surface area contributed by atoms with E-state index in [2.05, 4.69) is 59.0 Å². The van der Waals surface area contributed by atoms with Crippen LogP contribution in [0, 0.1) is 6.92 Å². The summed E-state index contributed by atoms with van der Waals surface area (Å²) in [5.41, 5.74) is 3.20. The van der Waals surface area contributed by atoms with E-state index in [9.17, 15) is 0 Å². The molecule has 21 heavy (non-hydrogen) atoms. The van der Waals surface area contributed by atoms with Crippen LogP contribution >= 0.6 is 59.4 Å². The van der Waals surface area contributed by atoms with Crippen LogP contribution in [-0.4, -0.2) is 20.4 Å². The van der Waals surface area contributed by atoms with Crippen LogP contribution in [-0.2, 0) is 18.9 Å². The monoisotopic (exact) mass is 496 g/mol. The smallest absolute Gasteiger partial charge is 0.0738 e. The van der Waals surface area contributed by atoms with Crippen LogP contribution < -0.4 is 0 Å². The molecular weight excluding hydrogens is 483 g/mol. The zero-order valence-corrected chi connectivity index (χ0v) is 17.4. The molecule has 0 bridgehead atoms. The molecule has 2 aromatic rings. The summed E-state index contributed by atoms with van der Waals surface area (Å²) in [5, 5.41) is 6.91. The fraction of sp³-hybridized carbons (Fsp3) is 0.400. The van der Waals surface area contributed by atoms with Gasteiger partial charge < -0.3 is 0 Å². The van der Waals surface area contributed by atoms with E-state index in [-0.39, 0.29) is 5.41 Å². The minimum absolute atomic E-state index is 0.124. The Kier molecular flexibility index (Phi) is 5.97. The molecule has 1 aromatic heterocycles. The van der Waals surface area contributed by atoms with E-state index in [1.54, 1.807) is 0 Å². The summed E-state index contributed by atoms with van der Waals surface area (Å²) in [5.74, 6) is 0. The minimum Gasteiger partial charge on any atom is -0.271 e. The van der Waals surface area contributed by atoms with Crippen LogP contribution in [0.15, 0.2) is 28.7 Å². The molecule has 2 rings (SSSR count). The van der Waals surface area contributed by atoms with Crippen LogP contribution in [0.2, 0.25) is 5.02 Å². The highest BCUT2D eigenvalue weighted by atomic mass is 79.9. The molecule has 1 aromatic carbocycles. The molecule has 0 aliphatic rings. The lowest BCUT2D eigenvalue weighted by Gasteiger charge is -2.31. The molecule has 114 valence electrons. The van der Waals surface area contributed by atoms with Gasteiger partial charge >= 0.3 is 0 Å². The van der Waals surface area contributed by atoms with Crippen molar-refractivity contribution in [3.63, 3.8) is 0 Å². The van der Waals surface area contributed by atoms with Crippen LogP contribution in [0.4, 0.5) is 0 Å². The molecule has 0 aliphatic carbocycles. The summed E-state index contributed by atoms with van der Waals surface area (Å²) in [6, 6.07) is 8.04. The summed E-state index contributed by atoms with van der Waals surface area (Å²) >= 11 is 17.5. The molecule has 0 radical (unpaired) electrons. The molecule has 0 N–H and O–H groups in total. The van der Waals surface area contributed by atoms with Crippen molar-refractivity contribution >= 4 is 59.4 Å². The molecule has 0 amide bonds. The number of aryl methyl sites for hydroxylation is 2. The molecule has 0 aliphatic heterocycles. The number of hydrogen-bond acceptors (Lipinski definition) is 1. The highest BCUT2D eigenvalue weighted by Gasteiger charge is 2.34. The molecule has 0 saturated heterocycles. The molecule has 0 saturated carbocycles. The van der Waals surface area contributed by atoms with Gasteiger partial charge in [0.2, 0.25) is 0 Å². The third-order valence-electron chi connectivity index (χ3n) is 3.72. The number of hydrogen-bond donors (Lipinski definition) is 0. The van der Waals surface area contributed by atoms with Crippen LogP contribution in [0.5, 0.6) is 0 Å². The Balaban J connectivity index is 2.51. The van der Waals surface area contributed by atoms with Gasteiger partial charge in [0.15, 0.2) is 0 Å². The third-order valence-corrected chi connectivity index (χ3v) is 7.23. The fourth-order valence-electron chi connectivity index (χ4n) is 2.45. The van der Waals surface area contributed by atoms with E-state index in [1.807, 2.05) is 36.9 Å². The Bertz CT molecular complexity index is 636. The fourth-order valence-corrected chi connectivity index (χ4v) is 5.19. The van der Waals surface area contributed by atoms with Crippen molar-refractivity contribution in [2.45, 2.75) is 18.8 Å². The van der Waals surface area contributed by atoms with Gasteiger partial charge in [0.1, 0.15) is 0 Å². The maximum absolute atomic E-state index is 6.44. The predicted octanol–water partition coefficient (Wildman–Crippen LogP) is 5.41. The SMILES string of the molecule is Cc1nn(C)c(CC(CBr)(CBr)c2ccccc2Cl)c1Br. The standard InChI is InChI=1S/C15H16Br3ClN2/c1-10-14(18)13(21(2)20-10)7-15(8-16,9-17)11-5-3-4-6-12(11)19/h3-6H,7-9H2,1-2H3. The van der Waals surface area contributed by atoms with Crippen LogP contribution in [0.1, 0.15) is 17.0 Å². The number of alkyl halides is 2. The van der Waals surface area contributed by atoms with Crippen LogP contribution in [0.25, 0.3) is 0 Å². The zero-order chi connectivity index (χ0) is 15.6. The van der Waals surface area contributed by atoms with Crippen molar-refractivity contribution < 1.29 is 0 Å². The van der Waals surface area contributed by atoms with E-state index in [0.717, 1.165) is 37.8 Å². The number of benzene rings is 1. The Morgan fingerprint density at radius 1 is 1.24 bits per heavy atom. The summed E-state index contributed by atoms with van der Waals surface area (Å²) in [7, 11) is 1.98. The summed E-state index contributed by atoms with van der Waals surface area (Å²) in [6.07, 6.45) is 0.838. The van der Waals surface area contributed by atoms with E-state index < -0.39 is 0 Å². The summed E-state index contributed by atoms with van der Waals surface area (Å²) < 4.78 is 3.01. The zero-order valence-electron chi connectivity index (χ0n) is 11.8. The van der Waals surface area contributed by atoms with Crippen molar-refractivity contribution in [3.8, 4) is 0 Å². The van der Waals surface area contributed by atoms with Gasteiger partial charge in [-0.2, -0.15) is 5.10 Å². The molecular formula is C15H16Br3ClN2. The van der Waals surface area contributed by atoms with Gasteiger partial charge in [0.05, 0.1) is 15.9 Å². The van der Waals surface area contributed by atoms with Crippen molar-refractivity contribution in [3.05, 3.63) is 50.7 Å². The molecule has 0 unspecified atom stereocenters. The average molecular weight is 499 g/mol. The second-order valence-electron chi connectivity index (χ2n) is 5.17. The highest BCUT2D eigenvalue weighted by Crippen LogP contribution is 2.38. The minimum atomic E-state index is -0.124. The second kappa shape index (κ2) is 7.16. The first-order valence-corrected chi connectivity index (χ1v) is 9.91. The predicted molar refractivity (Wildman–Crippen MR) is 100 cm³/mol. The second-order valence-corrected chi connectivity index (χ2v) is 7.50. The Morgan fingerprint density at radius 2 is 1.86 bits per heavy atom. The van der Waals surface area contributed by atoms with Crippen molar-refractivity contribution in [2.24, 2.45) is 7.05 Å². The number of halogens is 4. The molecule has 0 spiro atoms. The molecule has 0 fully saturated rings. The van der Waals surface area contributed by atoms with E-state index in [1.165, 1.54) is 5.69 Å². The molecule has 2 nitrogen and oxygen atoms in total. The summed E-state index contributed by atoms with van der Waals surface area (Å²) in [6.45, 7) is 2.01. The Labute approximate surface area is 155 Å². The van der Waals surface area contributed by atoms with Crippen LogP contribution in [0.3, 0.4) is 0 Å². The first-order valence-electron chi connectivity index (χ1n) is 6.50. The first-order chi connectivity index (χ1) is 9.95.